The molecule has 0 amide bonds. The molecular weight excluding hydrogens is 550 g/mol. The smallest absolute Gasteiger partial charge is 0.339 e. The van der Waals surface area contributed by atoms with Crippen LogP contribution in [0.15, 0.2) is 45.2 Å². The first kappa shape index (κ1) is 28.4. The number of hydrogen-bond donors (Lipinski definition) is 4. The molecule has 0 saturated carbocycles. The van der Waals surface area contributed by atoms with Crippen LogP contribution >= 0.6 is 11.9 Å². The molecule has 1 heterocycles. The van der Waals surface area contributed by atoms with Gasteiger partial charge in [-0.15, -0.1) is 0 Å². The first-order valence-corrected chi connectivity index (χ1v) is 14.5. The summed E-state index contributed by atoms with van der Waals surface area (Å²) < 4.78 is 29.6. The molecule has 0 aromatic heterocycles. The van der Waals surface area contributed by atoms with Crippen LogP contribution in [-0.2, 0) is 35.8 Å². The predicted molar refractivity (Wildman–Crippen MR) is 144 cm³/mol. The third-order valence-corrected chi connectivity index (χ3v) is 7.28. The van der Waals surface area contributed by atoms with Crippen molar-refractivity contribution in [1.29, 1.82) is 0 Å². The van der Waals surface area contributed by atoms with Crippen LogP contribution in [0.5, 0.6) is 5.75 Å². The van der Waals surface area contributed by atoms with Gasteiger partial charge in [0.05, 0.1) is 16.8 Å². The summed E-state index contributed by atoms with van der Waals surface area (Å²) in [6.45, 7) is 5.20. The Morgan fingerprint density at radius 1 is 1.26 bits per heavy atom. The van der Waals surface area contributed by atoms with Gasteiger partial charge in [-0.2, -0.15) is 14.3 Å². The molecule has 1 atom stereocenters. The molecule has 2 aromatic carbocycles. The van der Waals surface area contributed by atoms with Crippen LogP contribution in [0.25, 0.3) is 5.76 Å². The van der Waals surface area contributed by atoms with Gasteiger partial charge in [-0.25, -0.2) is 13.2 Å². The number of nitrogens with one attached hydrogen (secondary N) is 1. The Labute approximate surface area is 229 Å². The SMILES string of the molecule is CC(=O)OOC1C(=O)C(C2=NSc3cc(NS(C)(=O)=O)cc(O)c3N2O)=C(O)c2c(CCC(C)C)cccc21. The maximum Gasteiger partial charge on any atom is 0.339 e. The number of fused-ring (bicyclic) bond motifs is 2. The lowest BCUT2D eigenvalue weighted by Gasteiger charge is -2.31. The fraction of sp³-hybridized carbons (Fsp3) is 0.320. The Balaban J connectivity index is 1.83. The number of hydrogen-bond acceptors (Lipinski definition) is 12. The summed E-state index contributed by atoms with van der Waals surface area (Å²) in [4.78, 5) is 35.2. The molecule has 0 spiro atoms. The molecule has 4 rings (SSSR count). The zero-order valence-corrected chi connectivity index (χ0v) is 23.1. The average molecular weight is 578 g/mol. The fourth-order valence-electron chi connectivity index (χ4n) is 4.26. The van der Waals surface area contributed by atoms with E-state index in [0.29, 0.717) is 23.0 Å². The molecule has 4 N–H and O–H groups in total. The molecule has 1 unspecified atom stereocenters. The van der Waals surface area contributed by atoms with Gasteiger partial charge >= 0.3 is 5.97 Å². The van der Waals surface area contributed by atoms with Gasteiger partial charge in [0.1, 0.15) is 22.8 Å². The first-order valence-electron chi connectivity index (χ1n) is 11.8. The molecule has 0 saturated heterocycles. The number of aliphatic hydroxyl groups excluding tert-OH is 1. The minimum absolute atomic E-state index is 0.0303. The number of Topliss-reactive ketones (excluding diaryl/α,β-unsaturated/α-hetero) is 1. The van der Waals surface area contributed by atoms with Crippen molar-refractivity contribution >= 4 is 56.7 Å². The number of carbonyl (C=O) groups is 2. The van der Waals surface area contributed by atoms with Gasteiger partial charge in [-0.05, 0) is 30.4 Å². The highest BCUT2D eigenvalue weighted by molar-refractivity contribution is 7.98. The Bertz CT molecular complexity index is 1520. The summed E-state index contributed by atoms with van der Waals surface area (Å²) >= 11 is 0.740. The van der Waals surface area contributed by atoms with Gasteiger partial charge in [0.2, 0.25) is 15.8 Å². The normalized spacial score (nSPS) is 17.1. The zero-order chi connectivity index (χ0) is 28.6. The highest BCUT2D eigenvalue weighted by Crippen LogP contribution is 2.47. The lowest BCUT2D eigenvalue weighted by Crippen LogP contribution is -2.38. The van der Waals surface area contributed by atoms with Crippen LogP contribution in [-0.4, -0.2) is 47.7 Å². The number of amidine groups is 1. The minimum atomic E-state index is -3.65. The van der Waals surface area contributed by atoms with Gasteiger partial charge in [0.15, 0.2) is 11.9 Å². The minimum Gasteiger partial charge on any atom is -0.506 e. The predicted octanol–water partition coefficient (Wildman–Crippen LogP) is 4.05. The number of rotatable bonds is 8. The molecule has 1 aliphatic heterocycles. The van der Waals surface area contributed by atoms with Gasteiger partial charge in [-0.3, -0.25) is 19.6 Å². The van der Waals surface area contributed by atoms with Crippen molar-refractivity contribution in [2.24, 2.45) is 10.3 Å². The van der Waals surface area contributed by atoms with E-state index in [2.05, 4.69) is 9.12 Å². The maximum atomic E-state index is 13.6. The molecule has 1 aliphatic carbocycles. The van der Waals surface area contributed by atoms with E-state index in [1.54, 1.807) is 18.2 Å². The molecule has 39 heavy (non-hydrogen) atoms. The molecule has 0 bridgehead atoms. The number of aliphatic hydroxyl groups is 1. The highest BCUT2D eigenvalue weighted by atomic mass is 32.2. The second-order valence-corrected chi connectivity index (χ2v) is 12.0. The van der Waals surface area contributed by atoms with Gasteiger partial charge in [0, 0.05) is 36.1 Å². The second kappa shape index (κ2) is 10.9. The lowest BCUT2D eigenvalue weighted by molar-refractivity contribution is -0.291. The molecule has 0 fully saturated rings. The van der Waals surface area contributed by atoms with E-state index in [0.717, 1.165) is 37.6 Å². The van der Waals surface area contributed by atoms with Crippen molar-refractivity contribution < 1.29 is 43.2 Å². The number of anilines is 2. The van der Waals surface area contributed by atoms with Crippen molar-refractivity contribution in [1.82, 2.24) is 0 Å². The highest BCUT2D eigenvalue weighted by Gasteiger charge is 2.43. The standard InChI is InChI=1S/C25H27N3O9S2/c1-12(2)8-9-14-6-5-7-16-19(14)22(31)20(23(32)24(16)37-36-13(3)29)25-26-38-18-11-15(27-39(4,34)35)10-17(30)21(18)28(25)33/h5-7,10-12,24,27,30-31,33H,8-9H2,1-4H3. The van der Waals surface area contributed by atoms with Crippen molar-refractivity contribution in [3.05, 3.63) is 52.6 Å². The van der Waals surface area contributed by atoms with E-state index in [9.17, 15) is 33.4 Å². The Hall–Kier alpha value is -3.59. The molecular formula is C25H27N3O9S2. The van der Waals surface area contributed by atoms with Crippen LogP contribution in [0.4, 0.5) is 11.4 Å². The van der Waals surface area contributed by atoms with Crippen molar-refractivity contribution in [2.75, 3.05) is 16.0 Å². The third-order valence-electron chi connectivity index (χ3n) is 5.90. The van der Waals surface area contributed by atoms with E-state index in [4.69, 9.17) is 9.78 Å². The van der Waals surface area contributed by atoms with E-state index in [-0.39, 0.29) is 27.4 Å². The average Bonchev–Trinajstić information content (AvgIpc) is 2.82. The summed E-state index contributed by atoms with van der Waals surface area (Å²) in [7, 11) is -3.65. The van der Waals surface area contributed by atoms with E-state index in [1.165, 1.54) is 6.07 Å². The van der Waals surface area contributed by atoms with Crippen LogP contribution in [0.2, 0.25) is 0 Å². The van der Waals surface area contributed by atoms with Crippen LogP contribution < -0.4 is 9.79 Å². The monoisotopic (exact) mass is 577 g/mol. The zero-order valence-electron chi connectivity index (χ0n) is 21.5. The number of ketones is 1. The summed E-state index contributed by atoms with van der Waals surface area (Å²) in [6.07, 6.45) is 0.801. The summed E-state index contributed by atoms with van der Waals surface area (Å²) in [5, 5.41) is 33.6. The number of aromatic hydroxyl groups is 1. The van der Waals surface area contributed by atoms with E-state index in [1.807, 2.05) is 13.8 Å². The number of aryl methyl sites for hydroxylation is 1. The maximum absolute atomic E-state index is 13.6. The van der Waals surface area contributed by atoms with Crippen molar-refractivity contribution in [3.63, 3.8) is 0 Å². The Morgan fingerprint density at radius 3 is 2.62 bits per heavy atom. The van der Waals surface area contributed by atoms with E-state index >= 15 is 0 Å². The molecule has 14 heteroatoms. The number of phenols is 1. The van der Waals surface area contributed by atoms with E-state index < -0.39 is 50.8 Å². The Kier molecular flexibility index (Phi) is 7.93. The summed E-state index contributed by atoms with van der Waals surface area (Å²) in [5.41, 5.74) is 0.686. The molecule has 0 radical (unpaired) electrons. The largest absolute Gasteiger partial charge is 0.506 e. The number of sulfonamides is 1. The van der Waals surface area contributed by atoms with Crippen LogP contribution in [0.1, 0.15) is 50.0 Å². The van der Waals surface area contributed by atoms with Gasteiger partial charge < -0.3 is 10.2 Å². The fourth-order valence-corrected chi connectivity index (χ4v) is 5.62. The molecule has 208 valence electrons. The summed E-state index contributed by atoms with van der Waals surface area (Å²) in [6, 6.07) is 7.48. The number of phenolic OH excluding ortho intramolecular Hbond substituents is 1. The van der Waals surface area contributed by atoms with Crippen LogP contribution in [0.3, 0.4) is 0 Å². The number of benzene rings is 2. The number of carbonyl (C=O) groups excluding carboxylic acids is 2. The van der Waals surface area contributed by atoms with Crippen molar-refractivity contribution in [2.45, 2.75) is 44.6 Å². The quantitative estimate of drug-likeness (QED) is 0.202. The first-order chi connectivity index (χ1) is 18.3. The number of nitrogens with zero attached hydrogens (tertiary/aromatic N) is 2. The topological polar surface area (TPSA) is 175 Å². The molecule has 2 aromatic rings. The van der Waals surface area contributed by atoms with Gasteiger partial charge in [-0.1, -0.05) is 32.0 Å². The number of hydroxylamine groups is 1. The second-order valence-electron chi connectivity index (χ2n) is 9.49. The molecule has 2 aliphatic rings. The Morgan fingerprint density at radius 2 is 1.97 bits per heavy atom. The van der Waals surface area contributed by atoms with Crippen LogP contribution in [0, 0.1) is 5.92 Å². The van der Waals surface area contributed by atoms with Gasteiger partial charge in [0.25, 0.3) is 0 Å². The lowest BCUT2D eigenvalue weighted by atomic mass is 9.82. The van der Waals surface area contributed by atoms with Crippen molar-refractivity contribution in [3.8, 4) is 5.75 Å². The third kappa shape index (κ3) is 5.88. The summed E-state index contributed by atoms with van der Waals surface area (Å²) in [5.74, 6) is -2.69. The molecule has 12 nitrogen and oxygen atoms in total.